The van der Waals surface area contributed by atoms with Crippen LogP contribution in [0.25, 0.3) is 0 Å². The molecule has 0 aromatic heterocycles. The van der Waals surface area contributed by atoms with E-state index in [2.05, 4.69) is 0 Å². The maximum absolute atomic E-state index is 11.4. The quantitative estimate of drug-likeness (QED) is 0.614. The van der Waals surface area contributed by atoms with Gasteiger partial charge < -0.3 is 5.11 Å². The van der Waals surface area contributed by atoms with Gasteiger partial charge in [-0.1, -0.05) is 24.3 Å². The first-order valence-electron chi connectivity index (χ1n) is 7.40. The van der Waals surface area contributed by atoms with Gasteiger partial charge in [0, 0.05) is 47.2 Å². The molecule has 2 atom stereocenters. The molecule has 2 aromatic rings. The molecule has 0 amide bonds. The summed E-state index contributed by atoms with van der Waals surface area (Å²) in [5.74, 6) is 0. The summed E-state index contributed by atoms with van der Waals surface area (Å²) in [7, 11) is 0.869. The lowest BCUT2D eigenvalue weighted by Gasteiger charge is -2.21. The largest absolute Gasteiger partial charge is 0.387 e. The molecule has 2 unspecified atom stereocenters. The standard InChI is InChI=1S/C17H20N2O4S/c1-18(11-13-6-8-16(9-7-13)24(2)23)12-17(20)14-4-3-5-15(10-14)19(21)22/h3-10,17,20H,11-12H2,1-2H3. The van der Waals surface area contributed by atoms with E-state index in [-0.39, 0.29) is 5.69 Å². The lowest BCUT2D eigenvalue weighted by Crippen LogP contribution is -2.24. The van der Waals surface area contributed by atoms with Crippen LogP contribution in [0.2, 0.25) is 0 Å². The molecule has 0 fully saturated rings. The Morgan fingerprint density at radius 3 is 2.50 bits per heavy atom. The Hall–Kier alpha value is -2.09. The van der Waals surface area contributed by atoms with Crippen LogP contribution in [0.1, 0.15) is 17.2 Å². The van der Waals surface area contributed by atoms with Crippen LogP contribution in [0.3, 0.4) is 0 Å². The van der Waals surface area contributed by atoms with Crippen LogP contribution in [0, 0.1) is 10.1 Å². The summed E-state index contributed by atoms with van der Waals surface area (Å²) in [6.07, 6.45) is 0.827. The average Bonchev–Trinajstić information content (AvgIpc) is 2.55. The highest BCUT2D eigenvalue weighted by atomic mass is 32.2. The SMILES string of the molecule is CN(Cc1ccc(S(C)=O)cc1)CC(O)c1cccc([N+](=O)[O-])c1. The highest BCUT2D eigenvalue weighted by Crippen LogP contribution is 2.20. The van der Waals surface area contributed by atoms with Crippen LogP contribution in [-0.4, -0.2) is 39.0 Å². The Kier molecular flexibility index (Phi) is 6.19. The Bertz CT molecular complexity index is 734. The summed E-state index contributed by atoms with van der Waals surface area (Å²) in [6, 6.07) is 13.5. The minimum absolute atomic E-state index is 0.0302. The van der Waals surface area contributed by atoms with Crippen LogP contribution in [0.15, 0.2) is 53.4 Å². The number of rotatable bonds is 7. The van der Waals surface area contributed by atoms with Gasteiger partial charge in [0.1, 0.15) is 0 Å². The van der Waals surface area contributed by atoms with Crippen LogP contribution in [0.4, 0.5) is 5.69 Å². The molecule has 2 rings (SSSR count). The third kappa shape index (κ3) is 4.95. The minimum atomic E-state index is -0.999. The van der Waals surface area contributed by atoms with Crippen molar-refractivity contribution in [2.45, 2.75) is 17.5 Å². The van der Waals surface area contributed by atoms with Crippen molar-refractivity contribution in [1.82, 2.24) is 4.90 Å². The highest BCUT2D eigenvalue weighted by Gasteiger charge is 2.14. The zero-order chi connectivity index (χ0) is 17.7. The van der Waals surface area contributed by atoms with E-state index in [9.17, 15) is 19.4 Å². The first-order chi connectivity index (χ1) is 11.4. The first-order valence-corrected chi connectivity index (χ1v) is 8.96. The number of hydrogen-bond acceptors (Lipinski definition) is 5. The van der Waals surface area contributed by atoms with Crippen LogP contribution in [-0.2, 0) is 17.3 Å². The van der Waals surface area contributed by atoms with Gasteiger partial charge >= 0.3 is 0 Å². The predicted octanol–water partition coefficient (Wildman–Crippen LogP) is 2.50. The lowest BCUT2D eigenvalue weighted by atomic mass is 10.1. The fourth-order valence-electron chi connectivity index (χ4n) is 2.41. The van der Waals surface area contributed by atoms with Gasteiger partial charge in [0.25, 0.3) is 5.69 Å². The molecular formula is C17H20N2O4S. The Morgan fingerprint density at radius 1 is 1.25 bits per heavy atom. The number of non-ortho nitro benzene ring substituents is 1. The van der Waals surface area contributed by atoms with Gasteiger partial charge in [0.2, 0.25) is 0 Å². The second-order valence-corrected chi connectivity index (χ2v) is 7.04. The van der Waals surface area contributed by atoms with E-state index in [0.29, 0.717) is 18.7 Å². The smallest absolute Gasteiger partial charge is 0.269 e. The zero-order valence-electron chi connectivity index (χ0n) is 13.6. The molecule has 1 N–H and O–H groups in total. The molecule has 0 saturated heterocycles. The number of likely N-dealkylation sites (N-methyl/N-ethyl adjacent to an activating group) is 1. The van der Waals surface area contributed by atoms with Crippen LogP contribution < -0.4 is 0 Å². The van der Waals surface area contributed by atoms with E-state index in [4.69, 9.17) is 0 Å². The summed E-state index contributed by atoms with van der Waals surface area (Å²) >= 11 is 0. The molecule has 0 aliphatic heterocycles. The predicted molar refractivity (Wildman–Crippen MR) is 93.2 cm³/mol. The van der Waals surface area contributed by atoms with E-state index < -0.39 is 21.8 Å². The molecule has 0 spiro atoms. The third-order valence-corrected chi connectivity index (χ3v) is 4.59. The van der Waals surface area contributed by atoms with Crippen molar-refractivity contribution in [3.05, 3.63) is 69.8 Å². The number of aliphatic hydroxyl groups is 1. The fraction of sp³-hybridized carbons (Fsp3) is 0.294. The van der Waals surface area contributed by atoms with E-state index in [1.165, 1.54) is 12.1 Å². The zero-order valence-corrected chi connectivity index (χ0v) is 14.4. The van der Waals surface area contributed by atoms with E-state index in [1.807, 2.05) is 36.2 Å². The number of benzene rings is 2. The highest BCUT2D eigenvalue weighted by molar-refractivity contribution is 7.84. The van der Waals surface area contributed by atoms with Crippen LogP contribution >= 0.6 is 0 Å². The molecule has 24 heavy (non-hydrogen) atoms. The molecule has 128 valence electrons. The monoisotopic (exact) mass is 348 g/mol. The molecule has 0 bridgehead atoms. The van der Waals surface area contributed by atoms with E-state index in [1.54, 1.807) is 18.4 Å². The topological polar surface area (TPSA) is 83.7 Å². The first kappa shape index (κ1) is 18.3. The summed E-state index contributed by atoms with van der Waals surface area (Å²) in [4.78, 5) is 13.0. The number of aliphatic hydroxyl groups excluding tert-OH is 1. The fourth-order valence-corrected chi connectivity index (χ4v) is 2.93. The van der Waals surface area contributed by atoms with E-state index >= 15 is 0 Å². The number of nitrogens with zero attached hydrogens (tertiary/aromatic N) is 2. The molecule has 0 saturated carbocycles. The Morgan fingerprint density at radius 2 is 1.92 bits per heavy atom. The summed E-state index contributed by atoms with van der Waals surface area (Å²) in [5, 5.41) is 21.1. The average molecular weight is 348 g/mol. The van der Waals surface area contributed by atoms with Crippen molar-refractivity contribution < 1.29 is 14.2 Å². The lowest BCUT2D eigenvalue weighted by molar-refractivity contribution is -0.385. The van der Waals surface area contributed by atoms with Crippen molar-refractivity contribution >= 4 is 16.5 Å². The molecule has 2 aromatic carbocycles. The normalized spacial score (nSPS) is 13.7. The molecule has 0 aliphatic carbocycles. The molecule has 0 radical (unpaired) electrons. The number of hydrogen-bond donors (Lipinski definition) is 1. The maximum Gasteiger partial charge on any atom is 0.269 e. The maximum atomic E-state index is 11.4. The van der Waals surface area contributed by atoms with Gasteiger partial charge in [-0.05, 0) is 30.3 Å². The second-order valence-electron chi connectivity index (χ2n) is 5.66. The van der Waals surface area contributed by atoms with Crippen molar-refractivity contribution in [3.63, 3.8) is 0 Å². The van der Waals surface area contributed by atoms with E-state index in [0.717, 1.165) is 10.5 Å². The molecular weight excluding hydrogens is 328 g/mol. The van der Waals surface area contributed by atoms with Gasteiger partial charge in [-0.15, -0.1) is 0 Å². The Balaban J connectivity index is 1.98. The molecule has 0 heterocycles. The number of nitro benzene ring substituents is 1. The van der Waals surface area contributed by atoms with Gasteiger partial charge in [0.05, 0.1) is 11.0 Å². The van der Waals surface area contributed by atoms with Crippen molar-refractivity contribution in [3.8, 4) is 0 Å². The molecule has 6 nitrogen and oxygen atoms in total. The van der Waals surface area contributed by atoms with Crippen molar-refractivity contribution in [2.24, 2.45) is 0 Å². The summed E-state index contributed by atoms with van der Waals surface area (Å²) < 4.78 is 11.4. The number of nitro groups is 1. The van der Waals surface area contributed by atoms with Crippen molar-refractivity contribution in [2.75, 3.05) is 19.8 Å². The molecule has 0 aliphatic rings. The van der Waals surface area contributed by atoms with Gasteiger partial charge in [-0.25, -0.2) is 0 Å². The second kappa shape index (κ2) is 8.14. The third-order valence-electron chi connectivity index (χ3n) is 3.66. The van der Waals surface area contributed by atoms with Crippen LogP contribution in [0.5, 0.6) is 0 Å². The molecule has 7 heteroatoms. The van der Waals surface area contributed by atoms with Gasteiger partial charge in [-0.2, -0.15) is 0 Å². The van der Waals surface area contributed by atoms with Crippen molar-refractivity contribution in [1.29, 1.82) is 0 Å². The summed E-state index contributed by atoms with van der Waals surface area (Å²) in [5.41, 5.74) is 1.53. The van der Waals surface area contributed by atoms with Gasteiger partial charge in [0.15, 0.2) is 0 Å². The van der Waals surface area contributed by atoms with Gasteiger partial charge in [-0.3, -0.25) is 19.2 Å². The minimum Gasteiger partial charge on any atom is -0.387 e. The Labute approximate surface area is 143 Å². The summed E-state index contributed by atoms with van der Waals surface area (Å²) in [6.45, 7) is 0.964.